The van der Waals surface area contributed by atoms with Gasteiger partial charge in [0.25, 0.3) is 5.91 Å². The van der Waals surface area contributed by atoms with Crippen molar-refractivity contribution in [1.29, 1.82) is 0 Å². The van der Waals surface area contributed by atoms with Crippen molar-refractivity contribution in [2.24, 2.45) is 0 Å². The van der Waals surface area contributed by atoms with E-state index in [2.05, 4.69) is 5.32 Å². The van der Waals surface area contributed by atoms with Crippen LogP contribution in [0.1, 0.15) is 39.9 Å². The quantitative estimate of drug-likeness (QED) is 0.789. The Bertz CT molecular complexity index is 570. The van der Waals surface area contributed by atoms with Crippen LogP contribution in [0.3, 0.4) is 0 Å². The number of carbonyl (C=O) groups excluding carboxylic acids is 3. The van der Waals surface area contributed by atoms with E-state index in [1.54, 1.807) is 6.92 Å². The maximum Gasteiger partial charge on any atom is 0.265 e. The van der Waals surface area contributed by atoms with Crippen molar-refractivity contribution < 1.29 is 14.4 Å². The molecule has 3 rings (SSSR count). The van der Waals surface area contributed by atoms with E-state index in [0.29, 0.717) is 4.88 Å². The summed E-state index contributed by atoms with van der Waals surface area (Å²) in [6.07, 6.45) is 4.39. The Morgan fingerprint density at radius 3 is 2.85 bits per heavy atom. The zero-order valence-corrected chi connectivity index (χ0v) is 12.1. The van der Waals surface area contributed by atoms with E-state index in [0.717, 1.165) is 12.8 Å². The smallest absolute Gasteiger partial charge is 0.265 e. The molecule has 1 N–H and O–H groups in total. The fraction of sp³-hybridized carbons (Fsp3) is 0.500. The molecule has 106 valence electrons. The molecular weight excluding hydrogens is 276 g/mol. The molecule has 0 spiro atoms. The Kier molecular flexibility index (Phi) is 3.33. The molecule has 1 aromatic heterocycles. The topological polar surface area (TPSA) is 66.5 Å². The number of rotatable bonds is 1. The van der Waals surface area contributed by atoms with Crippen molar-refractivity contribution in [2.75, 3.05) is 6.54 Å². The fourth-order valence-electron chi connectivity index (χ4n) is 2.70. The van der Waals surface area contributed by atoms with Crippen molar-refractivity contribution in [3.05, 3.63) is 21.4 Å². The second-order valence-corrected chi connectivity index (χ2v) is 6.42. The molecule has 0 bridgehead atoms. The highest BCUT2D eigenvalue weighted by Crippen LogP contribution is 2.30. The Hall–Kier alpha value is -1.69. The predicted molar refractivity (Wildman–Crippen MR) is 74.6 cm³/mol. The van der Waals surface area contributed by atoms with Gasteiger partial charge in [0.1, 0.15) is 12.6 Å². The second kappa shape index (κ2) is 5.01. The van der Waals surface area contributed by atoms with E-state index < -0.39 is 17.9 Å². The predicted octanol–water partition coefficient (Wildman–Crippen LogP) is 1.11. The van der Waals surface area contributed by atoms with Gasteiger partial charge in [-0.3, -0.25) is 19.7 Å². The molecule has 1 atom stereocenters. The summed E-state index contributed by atoms with van der Waals surface area (Å²) in [7, 11) is 0. The summed E-state index contributed by atoms with van der Waals surface area (Å²) in [5.41, 5.74) is 1.25. The van der Waals surface area contributed by atoms with Gasteiger partial charge >= 0.3 is 0 Å². The number of nitrogens with one attached hydrogen (secondary N) is 1. The number of carbonyl (C=O) groups is 3. The average Bonchev–Trinajstić information content (AvgIpc) is 2.86. The number of imide groups is 1. The molecule has 1 aromatic rings. The molecule has 1 aliphatic carbocycles. The van der Waals surface area contributed by atoms with Gasteiger partial charge in [-0.05, 0) is 44.2 Å². The highest BCUT2D eigenvalue weighted by atomic mass is 32.1. The van der Waals surface area contributed by atoms with Gasteiger partial charge in [-0.15, -0.1) is 11.3 Å². The summed E-state index contributed by atoms with van der Waals surface area (Å²) < 4.78 is 0. The molecule has 1 saturated heterocycles. The number of thiophene rings is 1. The van der Waals surface area contributed by atoms with E-state index in [1.165, 1.54) is 39.5 Å². The van der Waals surface area contributed by atoms with Crippen LogP contribution < -0.4 is 5.32 Å². The Labute approximate surface area is 121 Å². The molecule has 0 aromatic carbocycles. The standard InChI is InChI=1S/C14H16N2O3S/c1-8-13(18)15-12(17)7-16(8)14(19)11-6-9-4-2-3-5-10(9)20-11/h6,8H,2-5,7H2,1H3,(H,15,17,18). The number of aryl methyl sites for hydroxylation is 2. The maximum absolute atomic E-state index is 12.5. The Balaban J connectivity index is 1.86. The van der Waals surface area contributed by atoms with E-state index in [-0.39, 0.29) is 12.5 Å². The lowest BCUT2D eigenvalue weighted by Gasteiger charge is -2.31. The summed E-state index contributed by atoms with van der Waals surface area (Å²) in [6.45, 7) is 1.60. The normalized spacial score (nSPS) is 22.4. The van der Waals surface area contributed by atoms with Crippen LogP contribution in [0.5, 0.6) is 0 Å². The molecule has 6 heteroatoms. The van der Waals surface area contributed by atoms with E-state index in [1.807, 2.05) is 6.07 Å². The summed E-state index contributed by atoms with van der Waals surface area (Å²) in [5, 5.41) is 2.25. The first-order chi connectivity index (χ1) is 9.56. The minimum Gasteiger partial charge on any atom is -0.317 e. The molecule has 0 radical (unpaired) electrons. The first-order valence-corrected chi connectivity index (χ1v) is 7.64. The van der Waals surface area contributed by atoms with Crippen LogP contribution in [0.25, 0.3) is 0 Å². The van der Waals surface area contributed by atoms with Crippen molar-refractivity contribution >= 4 is 29.1 Å². The summed E-state index contributed by atoms with van der Waals surface area (Å²) in [4.78, 5) is 38.9. The lowest BCUT2D eigenvalue weighted by molar-refractivity contribution is -0.138. The van der Waals surface area contributed by atoms with Gasteiger partial charge in [-0.25, -0.2) is 0 Å². The number of hydrogen-bond donors (Lipinski definition) is 1. The number of amides is 3. The van der Waals surface area contributed by atoms with Crippen molar-refractivity contribution in [3.63, 3.8) is 0 Å². The minimum atomic E-state index is -0.598. The summed E-state index contributed by atoms with van der Waals surface area (Å²) in [6, 6.07) is 1.34. The van der Waals surface area contributed by atoms with E-state index in [4.69, 9.17) is 0 Å². The third-order valence-electron chi connectivity index (χ3n) is 3.89. The minimum absolute atomic E-state index is 0.0473. The average molecular weight is 292 g/mol. The van der Waals surface area contributed by atoms with Crippen LogP contribution in [-0.2, 0) is 22.4 Å². The van der Waals surface area contributed by atoms with Crippen LogP contribution in [-0.4, -0.2) is 35.2 Å². The fourth-order valence-corrected chi connectivity index (χ4v) is 3.91. The number of fused-ring (bicyclic) bond motifs is 1. The SMILES string of the molecule is CC1C(=O)NC(=O)CN1C(=O)c1cc2c(s1)CCCC2. The van der Waals surface area contributed by atoms with E-state index in [9.17, 15) is 14.4 Å². The van der Waals surface area contributed by atoms with Gasteiger partial charge in [0, 0.05) is 4.88 Å². The van der Waals surface area contributed by atoms with Crippen LogP contribution >= 0.6 is 11.3 Å². The highest BCUT2D eigenvalue weighted by Gasteiger charge is 2.34. The van der Waals surface area contributed by atoms with Gasteiger partial charge < -0.3 is 4.90 Å². The molecule has 1 fully saturated rings. The number of hydrogen-bond acceptors (Lipinski definition) is 4. The Morgan fingerprint density at radius 2 is 2.10 bits per heavy atom. The van der Waals surface area contributed by atoms with Gasteiger partial charge in [0.15, 0.2) is 0 Å². The third-order valence-corrected chi connectivity index (χ3v) is 5.12. The third kappa shape index (κ3) is 2.24. The lowest BCUT2D eigenvalue weighted by Crippen LogP contribution is -2.58. The van der Waals surface area contributed by atoms with E-state index >= 15 is 0 Å². The van der Waals surface area contributed by atoms with Crippen molar-refractivity contribution in [1.82, 2.24) is 10.2 Å². The summed E-state index contributed by atoms with van der Waals surface area (Å²) >= 11 is 1.51. The molecule has 1 unspecified atom stereocenters. The van der Waals surface area contributed by atoms with Crippen molar-refractivity contribution in [2.45, 2.75) is 38.6 Å². The zero-order valence-electron chi connectivity index (χ0n) is 11.3. The molecule has 5 nitrogen and oxygen atoms in total. The largest absolute Gasteiger partial charge is 0.317 e. The van der Waals surface area contributed by atoms with Gasteiger partial charge in [0.05, 0.1) is 4.88 Å². The molecule has 3 amide bonds. The lowest BCUT2D eigenvalue weighted by atomic mass is 9.99. The first-order valence-electron chi connectivity index (χ1n) is 6.82. The van der Waals surface area contributed by atoms with Crippen LogP contribution in [0.4, 0.5) is 0 Å². The zero-order chi connectivity index (χ0) is 14.3. The first kappa shape index (κ1) is 13.3. The molecule has 0 saturated carbocycles. The molecule has 1 aliphatic heterocycles. The number of nitrogens with zero attached hydrogens (tertiary/aromatic N) is 1. The van der Waals surface area contributed by atoms with Crippen molar-refractivity contribution in [3.8, 4) is 0 Å². The molecule has 2 aliphatic rings. The molecule has 2 heterocycles. The number of piperazine rings is 1. The summed E-state index contributed by atoms with van der Waals surface area (Å²) in [5.74, 6) is -1.03. The molecule has 20 heavy (non-hydrogen) atoms. The van der Waals surface area contributed by atoms with Gasteiger partial charge in [0.2, 0.25) is 11.8 Å². The Morgan fingerprint density at radius 1 is 1.35 bits per heavy atom. The van der Waals surface area contributed by atoms with Crippen LogP contribution in [0, 0.1) is 0 Å². The maximum atomic E-state index is 12.5. The van der Waals surface area contributed by atoms with Gasteiger partial charge in [-0.1, -0.05) is 0 Å². The van der Waals surface area contributed by atoms with Crippen LogP contribution in [0.2, 0.25) is 0 Å². The monoisotopic (exact) mass is 292 g/mol. The second-order valence-electron chi connectivity index (χ2n) is 5.29. The van der Waals surface area contributed by atoms with Gasteiger partial charge in [-0.2, -0.15) is 0 Å². The molecular formula is C14H16N2O3S. The highest BCUT2D eigenvalue weighted by molar-refractivity contribution is 7.14. The van der Waals surface area contributed by atoms with Crippen LogP contribution in [0.15, 0.2) is 6.07 Å².